The lowest BCUT2D eigenvalue weighted by atomic mass is 10.0. The van der Waals surface area contributed by atoms with Crippen LogP contribution in [0.3, 0.4) is 0 Å². The molecule has 0 bridgehead atoms. The van der Waals surface area contributed by atoms with Crippen molar-refractivity contribution in [1.29, 1.82) is 0 Å². The monoisotopic (exact) mass is 408 g/mol. The van der Waals surface area contributed by atoms with Crippen LogP contribution in [0.15, 0.2) is 48.5 Å². The predicted molar refractivity (Wildman–Crippen MR) is 102 cm³/mol. The summed E-state index contributed by atoms with van der Waals surface area (Å²) in [4.78, 5) is 16.2. The molecule has 1 amide bonds. The second-order valence-corrected chi connectivity index (χ2v) is 9.54. The first kappa shape index (κ1) is 18.4. The fraction of sp³-hybridized carbons (Fsp3) is 0.316. The molecule has 2 heterocycles. The van der Waals surface area contributed by atoms with Crippen molar-refractivity contribution in [2.24, 2.45) is 0 Å². The van der Waals surface area contributed by atoms with Crippen LogP contribution in [0.5, 0.6) is 0 Å². The number of carbonyl (C=O) groups excluding carboxylic acids is 1. The molecule has 0 N–H and O–H groups in total. The number of halogens is 2. The summed E-state index contributed by atoms with van der Waals surface area (Å²) in [6, 6.07) is 12.3. The molecule has 142 valence electrons. The molecule has 0 saturated carbocycles. The van der Waals surface area contributed by atoms with Crippen LogP contribution in [-0.4, -0.2) is 49.4 Å². The lowest BCUT2D eigenvalue weighted by Crippen LogP contribution is -2.61. The highest BCUT2D eigenvalue weighted by molar-refractivity contribution is 7.91. The Morgan fingerprint density at radius 1 is 1.07 bits per heavy atom. The van der Waals surface area contributed by atoms with Gasteiger partial charge in [-0.25, -0.2) is 12.8 Å². The van der Waals surface area contributed by atoms with Gasteiger partial charge in [-0.2, -0.15) is 0 Å². The van der Waals surface area contributed by atoms with E-state index in [1.54, 1.807) is 52.3 Å². The number of amides is 1. The van der Waals surface area contributed by atoms with Crippen molar-refractivity contribution in [1.82, 2.24) is 4.90 Å². The van der Waals surface area contributed by atoms with Crippen molar-refractivity contribution in [2.75, 3.05) is 23.0 Å². The number of fused-ring (bicyclic) bond motifs is 1. The van der Waals surface area contributed by atoms with E-state index >= 15 is 0 Å². The number of rotatable bonds is 3. The third-order valence-electron chi connectivity index (χ3n) is 5.12. The van der Waals surface area contributed by atoms with Gasteiger partial charge in [0.05, 0.1) is 24.1 Å². The molecule has 2 aliphatic heterocycles. The molecule has 2 unspecified atom stereocenters. The molecular weight excluding hydrogens is 391 g/mol. The number of carbonyl (C=O) groups is 1. The Morgan fingerprint density at radius 2 is 1.81 bits per heavy atom. The largest absolute Gasteiger partial charge is 0.306 e. The van der Waals surface area contributed by atoms with Crippen molar-refractivity contribution in [2.45, 2.75) is 18.6 Å². The van der Waals surface area contributed by atoms with Gasteiger partial charge in [-0.1, -0.05) is 35.9 Å². The van der Waals surface area contributed by atoms with Gasteiger partial charge in [0.2, 0.25) is 5.91 Å². The SMILES string of the molecule is O=C1CN(Cc2ccccc2F)C2CS(=O)(=O)CC2N1c1cccc(Cl)c1. The minimum atomic E-state index is -3.30. The number of hydrogen-bond donors (Lipinski definition) is 0. The molecule has 27 heavy (non-hydrogen) atoms. The molecule has 4 rings (SSSR count). The average Bonchev–Trinajstić information content (AvgIpc) is 2.92. The summed E-state index contributed by atoms with van der Waals surface area (Å²) in [5.74, 6) is -0.730. The van der Waals surface area contributed by atoms with Crippen LogP contribution in [0.4, 0.5) is 10.1 Å². The van der Waals surface area contributed by atoms with Gasteiger partial charge in [-0.05, 0) is 24.3 Å². The number of anilines is 1. The van der Waals surface area contributed by atoms with Crippen LogP contribution in [0.2, 0.25) is 5.02 Å². The molecule has 2 aromatic rings. The first-order chi connectivity index (χ1) is 12.8. The summed E-state index contributed by atoms with van der Waals surface area (Å²) in [7, 11) is -3.30. The van der Waals surface area contributed by atoms with Crippen LogP contribution >= 0.6 is 11.6 Å². The van der Waals surface area contributed by atoms with E-state index in [1.165, 1.54) is 6.07 Å². The van der Waals surface area contributed by atoms with E-state index in [0.29, 0.717) is 16.3 Å². The summed E-state index contributed by atoms with van der Waals surface area (Å²) in [5.41, 5.74) is 1.04. The van der Waals surface area contributed by atoms with Gasteiger partial charge in [0.25, 0.3) is 0 Å². The van der Waals surface area contributed by atoms with Gasteiger partial charge in [0.1, 0.15) is 5.82 Å². The fourth-order valence-corrected chi connectivity index (χ4v) is 6.10. The van der Waals surface area contributed by atoms with Gasteiger partial charge in [0.15, 0.2) is 9.84 Å². The lowest BCUT2D eigenvalue weighted by Gasteiger charge is -2.43. The van der Waals surface area contributed by atoms with Gasteiger partial charge >= 0.3 is 0 Å². The normalized spacial score (nSPS) is 24.8. The number of benzene rings is 2. The third-order valence-corrected chi connectivity index (χ3v) is 7.05. The van der Waals surface area contributed by atoms with Gasteiger partial charge in [-0.15, -0.1) is 0 Å². The Bertz CT molecular complexity index is 998. The second-order valence-electron chi connectivity index (χ2n) is 6.95. The Kier molecular flexibility index (Phi) is 4.70. The molecule has 8 heteroatoms. The van der Waals surface area contributed by atoms with Gasteiger partial charge in [-0.3, -0.25) is 9.69 Å². The second kappa shape index (κ2) is 6.89. The molecule has 2 aromatic carbocycles. The molecule has 0 spiro atoms. The van der Waals surface area contributed by atoms with Crippen LogP contribution in [0.1, 0.15) is 5.56 Å². The molecule has 0 radical (unpaired) electrons. The average molecular weight is 409 g/mol. The predicted octanol–water partition coefficient (Wildman–Crippen LogP) is 2.49. The summed E-state index contributed by atoms with van der Waals surface area (Å²) < 4.78 is 38.8. The summed E-state index contributed by atoms with van der Waals surface area (Å²) >= 11 is 6.06. The standard InChI is InChI=1S/C19H18ClFN2O3S/c20-14-5-3-6-15(8-14)23-18-12-27(25,26)11-17(18)22(10-19(23)24)9-13-4-1-2-7-16(13)21/h1-8,17-18H,9-12H2. The minimum absolute atomic E-state index is 0.0253. The molecule has 2 aliphatic rings. The summed E-state index contributed by atoms with van der Waals surface area (Å²) in [5, 5.41) is 0.478. The van der Waals surface area contributed by atoms with E-state index < -0.39 is 15.9 Å². The quantitative estimate of drug-likeness (QED) is 0.783. The van der Waals surface area contributed by atoms with Gasteiger partial charge in [0, 0.05) is 28.9 Å². The number of hydrogen-bond acceptors (Lipinski definition) is 4. The maximum absolute atomic E-state index is 14.1. The molecule has 2 saturated heterocycles. The van der Waals surface area contributed by atoms with Gasteiger partial charge < -0.3 is 4.90 Å². The highest BCUT2D eigenvalue weighted by atomic mass is 35.5. The smallest absolute Gasteiger partial charge is 0.241 e. The molecule has 5 nitrogen and oxygen atoms in total. The Balaban J connectivity index is 1.69. The zero-order valence-electron chi connectivity index (χ0n) is 14.4. The van der Waals surface area contributed by atoms with Crippen molar-refractivity contribution >= 4 is 33.0 Å². The fourth-order valence-electron chi connectivity index (χ4n) is 3.94. The van der Waals surface area contributed by atoms with E-state index in [0.717, 1.165) is 0 Å². The Hall–Kier alpha value is -1.96. The number of sulfone groups is 1. The summed E-state index contributed by atoms with van der Waals surface area (Å²) in [6.07, 6.45) is 0. The van der Waals surface area contributed by atoms with Crippen molar-refractivity contribution in [3.8, 4) is 0 Å². The molecular formula is C19H18ClFN2O3S. The third kappa shape index (κ3) is 3.59. The highest BCUT2D eigenvalue weighted by Gasteiger charge is 2.49. The first-order valence-electron chi connectivity index (χ1n) is 8.59. The maximum Gasteiger partial charge on any atom is 0.241 e. The summed E-state index contributed by atoms with van der Waals surface area (Å²) in [6.45, 7) is 0.218. The minimum Gasteiger partial charge on any atom is -0.306 e. The van der Waals surface area contributed by atoms with E-state index in [1.807, 2.05) is 0 Å². The maximum atomic E-state index is 14.1. The van der Waals surface area contributed by atoms with Crippen LogP contribution < -0.4 is 4.90 Å². The number of piperazine rings is 1. The van der Waals surface area contributed by atoms with Crippen LogP contribution in [-0.2, 0) is 21.2 Å². The zero-order valence-corrected chi connectivity index (χ0v) is 16.0. The Labute approximate surface area is 162 Å². The van der Waals surface area contributed by atoms with E-state index in [9.17, 15) is 17.6 Å². The lowest BCUT2D eigenvalue weighted by molar-refractivity contribution is -0.123. The zero-order chi connectivity index (χ0) is 19.2. The molecule has 2 atom stereocenters. The van der Waals surface area contributed by atoms with Crippen molar-refractivity contribution < 1.29 is 17.6 Å². The number of nitrogens with zero attached hydrogens (tertiary/aromatic N) is 2. The molecule has 2 fully saturated rings. The Morgan fingerprint density at radius 3 is 2.56 bits per heavy atom. The highest BCUT2D eigenvalue weighted by Crippen LogP contribution is 2.33. The van der Waals surface area contributed by atoms with Crippen LogP contribution in [0.25, 0.3) is 0 Å². The van der Waals surface area contributed by atoms with Crippen molar-refractivity contribution in [3.63, 3.8) is 0 Å². The first-order valence-corrected chi connectivity index (χ1v) is 10.8. The van der Waals surface area contributed by atoms with Crippen LogP contribution in [0, 0.1) is 5.82 Å². The van der Waals surface area contributed by atoms with E-state index in [-0.39, 0.29) is 42.4 Å². The molecule has 0 aromatic heterocycles. The van der Waals surface area contributed by atoms with E-state index in [2.05, 4.69) is 0 Å². The topological polar surface area (TPSA) is 57.7 Å². The van der Waals surface area contributed by atoms with Crippen molar-refractivity contribution in [3.05, 3.63) is 64.9 Å². The molecule has 0 aliphatic carbocycles. The van der Waals surface area contributed by atoms with E-state index in [4.69, 9.17) is 11.6 Å².